The molecule has 0 aromatic heterocycles. The molecule has 0 N–H and O–H groups in total. The van der Waals surface area contributed by atoms with E-state index in [4.69, 9.17) is 0 Å². The summed E-state index contributed by atoms with van der Waals surface area (Å²) in [6.45, 7) is 10.3. The first-order valence-electron chi connectivity index (χ1n) is 4.53. The summed E-state index contributed by atoms with van der Waals surface area (Å²) < 4.78 is 0. The normalized spacial score (nSPS) is 10.0. The summed E-state index contributed by atoms with van der Waals surface area (Å²) in [7, 11) is 0. The third-order valence-corrected chi connectivity index (χ3v) is 1.50. The van der Waals surface area contributed by atoms with Gasteiger partial charge in [-0.05, 0) is 5.92 Å². The smallest absolute Gasteiger partial charge is 0.664 e. The molecule has 70 valence electrons. The molecule has 0 saturated heterocycles. The SMILES string of the molecule is CC[N-]CC[N-]CCC(C)C.[U+2]. The molecule has 12 heavy (non-hydrogen) atoms. The van der Waals surface area contributed by atoms with Crippen molar-refractivity contribution in [1.82, 2.24) is 0 Å². The van der Waals surface area contributed by atoms with E-state index in [1.54, 1.807) is 0 Å². The molecule has 3 heteroatoms. The summed E-state index contributed by atoms with van der Waals surface area (Å²) >= 11 is 0. The molecule has 0 aromatic carbocycles. The number of rotatable bonds is 7. The molecule has 0 heterocycles. The van der Waals surface area contributed by atoms with Crippen LogP contribution in [-0.2, 0) is 0 Å². The van der Waals surface area contributed by atoms with Crippen molar-refractivity contribution >= 4 is 0 Å². The predicted octanol–water partition coefficient (Wildman–Crippen LogP) is 2.80. The van der Waals surface area contributed by atoms with Crippen LogP contribution in [0.3, 0.4) is 0 Å². The molecule has 0 atom stereocenters. The average molecular weight is 394 g/mol. The largest absolute Gasteiger partial charge is 2.00 e. The fraction of sp³-hybridized carbons (Fsp3) is 1.00. The molecule has 0 aromatic rings. The quantitative estimate of drug-likeness (QED) is 0.595. The minimum Gasteiger partial charge on any atom is -0.664 e. The van der Waals surface area contributed by atoms with Crippen LogP contribution >= 0.6 is 0 Å². The monoisotopic (exact) mass is 394 g/mol. The van der Waals surface area contributed by atoms with E-state index in [-0.39, 0.29) is 31.1 Å². The molecule has 0 radical (unpaired) electrons. The maximum Gasteiger partial charge on any atom is 2.00 e. The zero-order valence-corrected chi connectivity index (χ0v) is 12.7. The number of nitrogens with zero attached hydrogens (tertiary/aromatic N) is 2. The van der Waals surface area contributed by atoms with E-state index in [1.807, 2.05) is 0 Å². The van der Waals surface area contributed by atoms with E-state index in [1.165, 1.54) is 6.42 Å². The van der Waals surface area contributed by atoms with Crippen molar-refractivity contribution in [2.45, 2.75) is 27.2 Å². The van der Waals surface area contributed by atoms with Gasteiger partial charge in [0.1, 0.15) is 0 Å². The maximum absolute atomic E-state index is 4.36. The second-order valence-electron chi connectivity index (χ2n) is 3.12. The van der Waals surface area contributed by atoms with E-state index in [9.17, 15) is 0 Å². The van der Waals surface area contributed by atoms with Crippen LogP contribution in [0.2, 0.25) is 0 Å². The predicted molar refractivity (Wildman–Crippen MR) is 51.3 cm³/mol. The minimum atomic E-state index is 0. The summed E-state index contributed by atoms with van der Waals surface area (Å²) in [6, 6.07) is 0. The molecule has 0 amide bonds. The first-order valence-corrected chi connectivity index (χ1v) is 4.53. The Hall–Kier alpha value is 0.972. The molecular formula is C9H20N2U. The van der Waals surface area contributed by atoms with Crippen LogP contribution in [0, 0.1) is 37.0 Å². The average Bonchev–Trinajstić information content (AvgIpc) is 1.96. The van der Waals surface area contributed by atoms with Gasteiger partial charge in [-0.15, -0.1) is 6.54 Å². The zero-order chi connectivity index (χ0) is 8.53. The second-order valence-corrected chi connectivity index (χ2v) is 3.12. The van der Waals surface area contributed by atoms with Gasteiger partial charge >= 0.3 is 31.1 Å². The summed E-state index contributed by atoms with van der Waals surface area (Å²) in [5.74, 6) is 0.780. The first kappa shape index (κ1) is 15.4. The van der Waals surface area contributed by atoms with E-state index in [2.05, 4.69) is 31.4 Å². The van der Waals surface area contributed by atoms with Gasteiger partial charge in [-0.3, -0.25) is 0 Å². The van der Waals surface area contributed by atoms with Crippen LogP contribution in [0.15, 0.2) is 0 Å². The molecule has 0 aliphatic heterocycles. The van der Waals surface area contributed by atoms with Crippen molar-refractivity contribution in [3.63, 3.8) is 0 Å². The van der Waals surface area contributed by atoms with Crippen LogP contribution in [-0.4, -0.2) is 26.2 Å². The van der Waals surface area contributed by atoms with Gasteiger partial charge in [-0.1, -0.05) is 27.2 Å². The van der Waals surface area contributed by atoms with E-state index >= 15 is 0 Å². The van der Waals surface area contributed by atoms with Gasteiger partial charge in [0.25, 0.3) is 0 Å². The topological polar surface area (TPSA) is 28.2 Å². The minimum absolute atomic E-state index is 0. The Morgan fingerprint density at radius 3 is 2.08 bits per heavy atom. The van der Waals surface area contributed by atoms with E-state index < -0.39 is 0 Å². The molecular weight excluding hydrogens is 374 g/mol. The van der Waals surface area contributed by atoms with E-state index in [0.29, 0.717) is 0 Å². The van der Waals surface area contributed by atoms with Crippen LogP contribution in [0.25, 0.3) is 10.6 Å². The maximum atomic E-state index is 4.36. The standard InChI is InChI=1S/C9H20N2.U/c1-4-10-7-8-11-6-5-9(2)3;/h9H,4-8H2,1-3H3;/q-2;+2. The van der Waals surface area contributed by atoms with Gasteiger partial charge in [0.05, 0.1) is 0 Å². The zero-order valence-electron chi connectivity index (χ0n) is 8.51. The van der Waals surface area contributed by atoms with Crippen molar-refractivity contribution in [3.8, 4) is 0 Å². The Morgan fingerprint density at radius 1 is 1.00 bits per heavy atom. The molecule has 0 fully saturated rings. The molecule has 0 saturated carbocycles. The summed E-state index contributed by atoms with van der Waals surface area (Å²) in [5, 5.41) is 8.55. The Labute approximate surface area is 101 Å². The van der Waals surface area contributed by atoms with Gasteiger partial charge in [-0.2, -0.15) is 19.6 Å². The molecule has 0 aliphatic rings. The Morgan fingerprint density at radius 2 is 1.58 bits per heavy atom. The van der Waals surface area contributed by atoms with Crippen LogP contribution in [0.4, 0.5) is 0 Å². The molecule has 2 nitrogen and oxygen atoms in total. The summed E-state index contributed by atoms with van der Waals surface area (Å²) in [5.41, 5.74) is 0. The third-order valence-electron chi connectivity index (χ3n) is 1.50. The number of likely N-dealkylation sites (N-methyl/N-ethyl adjacent to an activating group) is 1. The molecule has 0 bridgehead atoms. The molecule has 0 unspecified atom stereocenters. The van der Waals surface area contributed by atoms with Crippen molar-refractivity contribution in [2.75, 3.05) is 26.2 Å². The summed E-state index contributed by atoms with van der Waals surface area (Å²) in [6.07, 6.45) is 1.21. The Bertz CT molecular complexity index is 76.9. The third kappa shape index (κ3) is 13.6. The molecule has 0 aliphatic carbocycles. The van der Waals surface area contributed by atoms with Crippen LogP contribution < -0.4 is 0 Å². The molecule has 0 spiro atoms. The van der Waals surface area contributed by atoms with Gasteiger partial charge in [0, 0.05) is 0 Å². The Kier molecular flexibility index (Phi) is 15.4. The van der Waals surface area contributed by atoms with Crippen molar-refractivity contribution < 1.29 is 31.1 Å². The van der Waals surface area contributed by atoms with Gasteiger partial charge < -0.3 is 10.6 Å². The summed E-state index contributed by atoms with van der Waals surface area (Å²) in [4.78, 5) is 0. The number of hydrogen-bond acceptors (Lipinski definition) is 0. The van der Waals surface area contributed by atoms with Gasteiger partial charge in [0.2, 0.25) is 0 Å². The van der Waals surface area contributed by atoms with Crippen LogP contribution in [0.5, 0.6) is 0 Å². The van der Waals surface area contributed by atoms with Gasteiger partial charge in [-0.25, -0.2) is 0 Å². The van der Waals surface area contributed by atoms with Gasteiger partial charge in [0.15, 0.2) is 0 Å². The van der Waals surface area contributed by atoms with Crippen molar-refractivity contribution in [2.24, 2.45) is 5.92 Å². The second kappa shape index (κ2) is 12.0. The first-order chi connectivity index (χ1) is 5.27. The number of hydrogen-bond donors (Lipinski definition) is 0. The fourth-order valence-corrected chi connectivity index (χ4v) is 0.761. The fourth-order valence-electron chi connectivity index (χ4n) is 0.761. The van der Waals surface area contributed by atoms with Crippen molar-refractivity contribution in [1.29, 1.82) is 0 Å². The van der Waals surface area contributed by atoms with Crippen molar-refractivity contribution in [3.05, 3.63) is 10.6 Å². The molecule has 0 rings (SSSR count). The van der Waals surface area contributed by atoms with Crippen LogP contribution in [0.1, 0.15) is 27.2 Å². The Balaban J connectivity index is 0. The van der Waals surface area contributed by atoms with E-state index in [0.717, 1.165) is 32.1 Å².